The molecule has 0 aromatic carbocycles. The van der Waals surface area contributed by atoms with Gasteiger partial charge in [-0.05, 0) is 20.4 Å². The second-order valence-corrected chi connectivity index (χ2v) is 6.76. The van der Waals surface area contributed by atoms with Crippen LogP contribution in [0.4, 0.5) is 0 Å². The summed E-state index contributed by atoms with van der Waals surface area (Å²) in [6.07, 6.45) is 3.31. The first-order valence-corrected chi connectivity index (χ1v) is 7.40. The van der Waals surface area contributed by atoms with E-state index in [1.807, 2.05) is 7.05 Å². The summed E-state index contributed by atoms with van der Waals surface area (Å²) in [5, 5.41) is 0. The predicted octanol–water partition coefficient (Wildman–Crippen LogP) is 0.480. The Kier molecular flexibility index (Phi) is 5.77. The minimum absolute atomic E-state index is 0.0839. The summed E-state index contributed by atoms with van der Waals surface area (Å²) in [5.74, 6) is 0.197. The Bertz CT molecular complexity index is 277. The van der Waals surface area contributed by atoms with Crippen LogP contribution in [-0.4, -0.2) is 51.0 Å². The van der Waals surface area contributed by atoms with Gasteiger partial charge in [0.15, 0.2) is 0 Å². The van der Waals surface area contributed by atoms with Crippen LogP contribution in [0.25, 0.3) is 0 Å². The van der Waals surface area contributed by atoms with E-state index in [1.165, 1.54) is 6.26 Å². The van der Waals surface area contributed by atoms with E-state index >= 15 is 0 Å². The Morgan fingerprint density at radius 2 is 1.93 bits per heavy atom. The molecule has 0 spiro atoms. The van der Waals surface area contributed by atoms with E-state index in [1.54, 1.807) is 0 Å². The second kappa shape index (κ2) is 5.82. The smallest absolute Gasteiger partial charge is 0.148 e. The van der Waals surface area contributed by atoms with Crippen molar-refractivity contribution in [1.82, 2.24) is 4.90 Å². The molecule has 15 heavy (non-hydrogen) atoms. The first kappa shape index (κ1) is 14.9. The number of likely N-dealkylation sites (N-methyl/N-ethyl adjacent to an activating group) is 1. The lowest BCUT2D eigenvalue weighted by Crippen LogP contribution is -2.50. The van der Waals surface area contributed by atoms with Gasteiger partial charge in [-0.1, -0.05) is 13.3 Å². The standard InChI is InChI=1S/C10H24N2O2S/c1-5-6-10(2,9-11)12(3)7-8-15(4,13)14/h5-9,11H2,1-4H3. The zero-order chi connectivity index (χ0) is 12.1. The van der Waals surface area contributed by atoms with Crippen LogP contribution in [0.1, 0.15) is 26.7 Å². The fraction of sp³-hybridized carbons (Fsp3) is 1.00. The molecule has 0 aliphatic carbocycles. The first-order valence-electron chi connectivity index (χ1n) is 5.34. The summed E-state index contributed by atoms with van der Waals surface area (Å²) in [6, 6.07) is 0. The Morgan fingerprint density at radius 1 is 1.40 bits per heavy atom. The monoisotopic (exact) mass is 236 g/mol. The fourth-order valence-electron chi connectivity index (χ4n) is 1.56. The highest BCUT2D eigenvalue weighted by molar-refractivity contribution is 7.90. The van der Waals surface area contributed by atoms with Crippen LogP contribution in [0.2, 0.25) is 0 Å². The summed E-state index contributed by atoms with van der Waals surface area (Å²) in [5.41, 5.74) is 5.66. The molecule has 0 rings (SSSR count). The molecule has 0 amide bonds. The van der Waals surface area contributed by atoms with Crippen molar-refractivity contribution >= 4 is 9.84 Å². The Labute approximate surface area is 93.7 Å². The van der Waals surface area contributed by atoms with Crippen molar-refractivity contribution in [3.8, 4) is 0 Å². The minimum atomic E-state index is -2.89. The molecule has 1 atom stereocenters. The van der Waals surface area contributed by atoms with Crippen molar-refractivity contribution in [2.45, 2.75) is 32.2 Å². The van der Waals surface area contributed by atoms with Crippen molar-refractivity contribution in [3.05, 3.63) is 0 Å². The van der Waals surface area contributed by atoms with E-state index in [2.05, 4.69) is 18.7 Å². The second-order valence-electron chi connectivity index (χ2n) is 4.50. The highest BCUT2D eigenvalue weighted by atomic mass is 32.2. The summed E-state index contributed by atoms with van der Waals surface area (Å²) in [4.78, 5) is 2.05. The lowest BCUT2D eigenvalue weighted by Gasteiger charge is -2.38. The van der Waals surface area contributed by atoms with Crippen LogP contribution < -0.4 is 5.73 Å². The van der Waals surface area contributed by atoms with E-state index in [0.717, 1.165) is 12.8 Å². The predicted molar refractivity (Wildman–Crippen MR) is 64.7 cm³/mol. The van der Waals surface area contributed by atoms with Gasteiger partial charge in [-0.25, -0.2) is 8.42 Å². The third kappa shape index (κ3) is 5.49. The number of nitrogens with two attached hydrogens (primary N) is 1. The molecule has 0 saturated heterocycles. The quantitative estimate of drug-likeness (QED) is 0.698. The Morgan fingerprint density at radius 3 is 2.27 bits per heavy atom. The molecule has 0 fully saturated rings. The van der Waals surface area contributed by atoms with Crippen LogP contribution >= 0.6 is 0 Å². The molecule has 0 bridgehead atoms. The number of sulfone groups is 1. The van der Waals surface area contributed by atoms with E-state index in [-0.39, 0.29) is 11.3 Å². The van der Waals surface area contributed by atoms with E-state index in [9.17, 15) is 8.42 Å². The molecule has 2 N–H and O–H groups in total. The van der Waals surface area contributed by atoms with E-state index in [4.69, 9.17) is 5.73 Å². The lowest BCUT2D eigenvalue weighted by molar-refractivity contribution is 0.141. The van der Waals surface area contributed by atoms with Crippen molar-refractivity contribution in [2.24, 2.45) is 5.73 Å². The van der Waals surface area contributed by atoms with Gasteiger partial charge < -0.3 is 5.73 Å². The highest BCUT2D eigenvalue weighted by Gasteiger charge is 2.26. The molecule has 0 aromatic rings. The Balaban J connectivity index is 4.33. The van der Waals surface area contributed by atoms with Crippen LogP contribution in [0.3, 0.4) is 0 Å². The van der Waals surface area contributed by atoms with Crippen LogP contribution in [-0.2, 0) is 9.84 Å². The average molecular weight is 236 g/mol. The molecule has 1 unspecified atom stereocenters. The van der Waals surface area contributed by atoms with E-state index < -0.39 is 9.84 Å². The third-order valence-electron chi connectivity index (χ3n) is 2.95. The maximum atomic E-state index is 11.1. The maximum absolute atomic E-state index is 11.1. The summed E-state index contributed by atoms with van der Waals surface area (Å²) in [6.45, 7) is 5.30. The van der Waals surface area contributed by atoms with Crippen molar-refractivity contribution in [2.75, 3.05) is 32.1 Å². The third-order valence-corrected chi connectivity index (χ3v) is 3.87. The van der Waals surface area contributed by atoms with Gasteiger partial charge in [0, 0.05) is 24.9 Å². The average Bonchev–Trinajstić information content (AvgIpc) is 2.13. The molecular weight excluding hydrogens is 212 g/mol. The molecule has 0 aliphatic heterocycles. The molecule has 0 aromatic heterocycles. The van der Waals surface area contributed by atoms with Gasteiger partial charge in [0.05, 0.1) is 5.75 Å². The van der Waals surface area contributed by atoms with Gasteiger partial charge in [0.2, 0.25) is 0 Å². The highest BCUT2D eigenvalue weighted by Crippen LogP contribution is 2.18. The number of hydrogen-bond acceptors (Lipinski definition) is 4. The van der Waals surface area contributed by atoms with Crippen LogP contribution in [0, 0.1) is 0 Å². The molecule has 5 heteroatoms. The first-order chi connectivity index (χ1) is 6.75. The van der Waals surface area contributed by atoms with E-state index in [0.29, 0.717) is 13.1 Å². The zero-order valence-electron chi connectivity index (χ0n) is 10.3. The fourth-order valence-corrected chi connectivity index (χ4v) is 2.17. The summed E-state index contributed by atoms with van der Waals surface area (Å²) >= 11 is 0. The number of hydrogen-bond donors (Lipinski definition) is 1. The molecule has 0 aliphatic rings. The van der Waals surface area contributed by atoms with Crippen LogP contribution in [0.5, 0.6) is 0 Å². The topological polar surface area (TPSA) is 63.4 Å². The van der Waals surface area contributed by atoms with Gasteiger partial charge in [0.25, 0.3) is 0 Å². The molecule has 4 nitrogen and oxygen atoms in total. The minimum Gasteiger partial charge on any atom is -0.329 e. The number of nitrogens with zero attached hydrogens (tertiary/aromatic N) is 1. The SMILES string of the molecule is CCCC(C)(CN)N(C)CCS(C)(=O)=O. The molecule has 0 radical (unpaired) electrons. The summed E-state index contributed by atoms with van der Waals surface area (Å²) in [7, 11) is -0.947. The van der Waals surface area contributed by atoms with Crippen molar-refractivity contribution in [1.29, 1.82) is 0 Å². The normalized spacial score (nSPS) is 16.7. The largest absolute Gasteiger partial charge is 0.329 e. The molecule has 0 heterocycles. The molecular formula is C10H24N2O2S. The van der Waals surface area contributed by atoms with Gasteiger partial charge in [-0.2, -0.15) is 0 Å². The maximum Gasteiger partial charge on any atom is 0.148 e. The van der Waals surface area contributed by atoms with Gasteiger partial charge in [0.1, 0.15) is 9.84 Å². The van der Waals surface area contributed by atoms with Gasteiger partial charge >= 0.3 is 0 Å². The molecule has 92 valence electrons. The zero-order valence-corrected chi connectivity index (χ0v) is 11.1. The van der Waals surface area contributed by atoms with Crippen molar-refractivity contribution in [3.63, 3.8) is 0 Å². The Hall–Kier alpha value is -0.130. The van der Waals surface area contributed by atoms with Crippen molar-refractivity contribution < 1.29 is 8.42 Å². The number of rotatable bonds is 7. The van der Waals surface area contributed by atoms with Gasteiger partial charge in [-0.3, -0.25) is 4.90 Å². The molecule has 0 saturated carbocycles. The lowest BCUT2D eigenvalue weighted by atomic mass is 9.94. The van der Waals surface area contributed by atoms with Gasteiger partial charge in [-0.15, -0.1) is 0 Å². The summed E-state index contributed by atoms with van der Waals surface area (Å²) < 4.78 is 22.1. The van der Waals surface area contributed by atoms with Crippen LogP contribution in [0.15, 0.2) is 0 Å².